The molecule has 1 aliphatic rings. The second-order valence-electron chi connectivity index (χ2n) is 5.22. The Morgan fingerprint density at radius 1 is 1.40 bits per heavy atom. The summed E-state index contributed by atoms with van der Waals surface area (Å²) in [5.41, 5.74) is 0. The molecule has 1 atom stereocenters. The van der Waals surface area contributed by atoms with Crippen LogP contribution < -0.4 is 5.32 Å². The van der Waals surface area contributed by atoms with Crippen LogP contribution in [0.15, 0.2) is 22.8 Å². The van der Waals surface area contributed by atoms with E-state index in [0.29, 0.717) is 19.1 Å². The van der Waals surface area contributed by atoms with Crippen LogP contribution in [0.1, 0.15) is 44.9 Å². The molecule has 0 saturated carbocycles. The monoisotopic (exact) mass is 300 g/mol. The fourth-order valence-electron chi connectivity index (χ4n) is 2.66. The molecule has 0 bridgehead atoms. The molecule has 1 aromatic heterocycles. The molecule has 0 radical (unpaired) electrons. The van der Waals surface area contributed by atoms with Gasteiger partial charge in [0.15, 0.2) is 0 Å². The molecule has 114 valence electrons. The predicted octanol–water partition coefficient (Wildman–Crippen LogP) is 2.13. The molecule has 5 nitrogen and oxygen atoms in total. The van der Waals surface area contributed by atoms with Gasteiger partial charge in [0, 0.05) is 19.1 Å². The van der Waals surface area contributed by atoms with Crippen molar-refractivity contribution in [1.82, 2.24) is 9.62 Å². The lowest BCUT2D eigenvalue weighted by Crippen LogP contribution is -2.46. The van der Waals surface area contributed by atoms with E-state index in [1.54, 1.807) is 17.5 Å². The number of hydrogen-bond donors (Lipinski definition) is 1. The van der Waals surface area contributed by atoms with Crippen molar-refractivity contribution in [3.05, 3.63) is 24.2 Å². The SMILES string of the molecule is CCC(NC1CCN(S(=O)(=O)CC)CC1)c1ccco1. The van der Waals surface area contributed by atoms with Crippen molar-refractivity contribution in [3.63, 3.8) is 0 Å². The summed E-state index contributed by atoms with van der Waals surface area (Å²) in [5.74, 6) is 1.14. The van der Waals surface area contributed by atoms with E-state index in [4.69, 9.17) is 4.42 Å². The number of nitrogens with one attached hydrogen (secondary N) is 1. The second kappa shape index (κ2) is 6.74. The zero-order valence-corrected chi connectivity index (χ0v) is 13.0. The lowest BCUT2D eigenvalue weighted by molar-refractivity contribution is 0.261. The van der Waals surface area contributed by atoms with Gasteiger partial charge in [-0.05, 0) is 38.3 Å². The smallest absolute Gasteiger partial charge is 0.213 e. The molecule has 1 unspecified atom stereocenters. The largest absolute Gasteiger partial charge is 0.468 e. The summed E-state index contributed by atoms with van der Waals surface area (Å²) in [4.78, 5) is 0. The van der Waals surface area contributed by atoms with Crippen LogP contribution in [0.25, 0.3) is 0 Å². The Labute approximate surface area is 121 Å². The van der Waals surface area contributed by atoms with Gasteiger partial charge in [-0.25, -0.2) is 12.7 Å². The van der Waals surface area contributed by atoms with E-state index >= 15 is 0 Å². The summed E-state index contributed by atoms with van der Waals surface area (Å²) >= 11 is 0. The highest BCUT2D eigenvalue weighted by Crippen LogP contribution is 2.21. The van der Waals surface area contributed by atoms with Crippen molar-refractivity contribution in [2.45, 2.75) is 45.2 Å². The van der Waals surface area contributed by atoms with Gasteiger partial charge in [0.1, 0.15) is 5.76 Å². The zero-order chi connectivity index (χ0) is 14.6. The van der Waals surface area contributed by atoms with Crippen molar-refractivity contribution in [3.8, 4) is 0 Å². The van der Waals surface area contributed by atoms with E-state index in [0.717, 1.165) is 25.0 Å². The van der Waals surface area contributed by atoms with E-state index < -0.39 is 10.0 Å². The first-order chi connectivity index (χ1) is 9.56. The van der Waals surface area contributed by atoms with Crippen LogP contribution in [0.4, 0.5) is 0 Å². The Kier molecular flexibility index (Phi) is 5.23. The first-order valence-corrected chi connectivity index (χ1v) is 8.95. The maximum Gasteiger partial charge on any atom is 0.213 e. The molecule has 0 spiro atoms. The minimum absolute atomic E-state index is 0.190. The third-order valence-corrected chi connectivity index (χ3v) is 5.83. The van der Waals surface area contributed by atoms with Crippen molar-refractivity contribution in [2.75, 3.05) is 18.8 Å². The van der Waals surface area contributed by atoms with Gasteiger partial charge in [0.25, 0.3) is 0 Å². The van der Waals surface area contributed by atoms with E-state index in [-0.39, 0.29) is 11.8 Å². The van der Waals surface area contributed by atoms with Crippen LogP contribution in [-0.4, -0.2) is 37.6 Å². The average molecular weight is 300 g/mol. The van der Waals surface area contributed by atoms with Gasteiger partial charge in [0.2, 0.25) is 10.0 Å². The number of nitrogens with zero attached hydrogens (tertiary/aromatic N) is 1. The van der Waals surface area contributed by atoms with Gasteiger partial charge in [-0.2, -0.15) is 0 Å². The lowest BCUT2D eigenvalue weighted by Gasteiger charge is -2.33. The molecule has 1 fully saturated rings. The summed E-state index contributed by atoms with van der Waals surface area (Å²) in [6, 6.07) is 4.45. The van der Waals surface area contributed by atoms with Gasteiger partial charge in [0.05, 0.1) is 18.1 Å². The molecule has 1 aliphatic heterocycles. The quantitative estimate of drug-likeness (QED) is 0.874. The van der Waals surface area contributed by atoms with Gasteiger partial charge < -0.3 is 9.73 Å². The Morgan fingerprint density at radius 3 is 2.60 bits per heavy atom. The molecule has 2 rings (SSSR count). The van der Waals surface area contributed by atoms with E-state index in [2.05, 4.69) is 12.2 Å². The van der Waals surface area contributed by atoms with Gasteiger partial charge in [-0.1, -0.05) is 6.92 Å². The van der Waals surface area contributed by atoms with E-state index in [9.17, 15) is 8.42 Å². The minimum atomic E-state index is -3.03. The fourth-order valence-corrected chi connectivity index (χ4v) is 3.79. The Morgan fingerprint density at radius 2 is 2.10 bits per heavy atom. The molecule has 2 heterocycles. The Bertz CT molecular complexity index is 490. The highest BCUT2D eigenvalue weighted by atomic mass is 32.2. The molecule has 1 N–H and O–H groups in total. The second-order valence-corrected chi connectivity index (χ2v) is 7.47. The normalized spacial score (nSPS) is 20.1. The summed E-state index contributed by atoms with van der Waals surface area (Å²) in [6.07, 6.45) is 4.37. The van der Waals surface area contributed by atoms with Crippen molar-refractivity contribution < 1.29 is 12.8 Å². The number of rotatable bonds is 6. The minimum Gasteiger partial charge on any atom is -0.468 e. The molecule has 0 aromatic carbocycles. The van der Waals surface area contributed by atoms with Crippen molar-refractivity contribution in [1.29, 1.82) is 0 Å². The molecule has 20 heavy (non-hydrogen) atoms. The number of hydrogen-bond acceptors (Lipinski definition) is 4. The molecule has 1 saturated heterocycles. The number of furan rings is 1. The summed E-state index contributed by atoms with van der Waals surface area (Å²) < 4.78 is 30.7. The average Bonchev–Trinajstić information content (AvgIpc) is 2.99. The molecular formula is C14H24N2O3S. The fraction of sp³-hybridized carbons (Fsp3) is 0.714. The zero-order valence-electron chi connectivity index (χ0n) is 12.2. The van der Waals surface area contributed by atoms with Gasteiger partial charge >= 0.3 is 0 Å². The molecule has 0 amide bonds. The van der Waals surface area contributed by atoms with Crippen LogP contribution in [0.3, 0.4) is 0 Å². The highest BCUT2D eigenvalue weighted by Gasteiger charge is 2.28. The lowest BCUT2D eigenvalue weighted by atomic mass is 10.0. The summed E-state index contributed by atoms with van der Waals surface area (Å²) in [6.45, 7) is 5.05. The third-order valence-electron chi connectivity index (χ3n) is 3.94. The van der Waals surface area contributed by atoms with E-state index in [1.807, 2.05) is 12.1 Å². The molecule has 6 heteroatoms. The Balaban J connectivity index is 1.88. The predicted molar refractivity (Wildman–Crippen MR) is 78.9 cm³/mol. The maximum atomic E-state index is 11.8. The van der Waals surface area contributed by atoms with Crippen molar-refractivity contribution in [2.24, 2.45) is 0 Å². The molecule has 0 aliphatic carbocycles. The maximum absolute atomic E-state index is 11.8. The standard InChI is InChI=1S/C14H24N2O3S/c1-3-13(14-6-5-11-19-14)15-12-7-9-16(10-8-12)20(17,18)4-2/h5-6,11-13,15H,3-4,7-10H2,1-2H3. The summed E-state index contributed by atoms with van der Waals surface area (Å²) in [5, 5.41) is 3.58. The van der Waals surface area contributed by atoms with Crippen LogP contribution in [-0.2, 0) is 10.0 Å². The van der Waals surface area contributed by atoms with Crippen LogP contribution in [0, 0.1) is 0 Å². The van der Waals surface area contributed by atoms with Crippen LogP contribution in [0.5, 0.6) is 0 Å². The molecular weight excluding hydrogens is 276 g/mol. The topological polar surface area (TPSA) is 62.6 Å². The van der Waals surface area contributed by atoms with Crippen LogP contribution in [0.2, 0.25) is 0 Å². The van der Waals surface area contributed by atoms with Crippen LogP contribution >= 0.6 is 0 Å². The molecule has 1 aromatic rings. The van der Waals surface area contributed by atoms with Gasteiger partial charge in [-0.3, -0.25) is 0 Å². The highest BCUT2D eigenvalue weighted by molar-refractivity contribution is 7.89. The number of sulfonamides is 1. The first kappa shape index (κ1) is 15.5. The first-order valence-electron chi connectivity index (χ1n) is 7.34. The van der Waals surface area contributed by atoms with E-state index in [1.165, 1.54) is 0 Å². The summed E-state index contributed by atoms with van der Waals surface area (Å²) in [7, 11) is -3.03. The third kappa shape index (κ3) is 3.62. The number of piperidine rings is 1. The van der Waals surface area contributed by atoms with Crippen molar-refractivity contribution >= 4 is 10.0 Å². The van der Waals surface area contributed by atoms with Gasteiger partial charge in [-0.15, -0.1) is 0 Å². The Hall–Kier alpha value is -0.850.